The Morgan fingerprint density at radius 2 is 1.84 bits per heavy atom. The number of aryl methyl sites for hydroxylation is 2. The van der Waals surface area contributed by atoms with Crippen LogP contribution in [0.5, 0.6) is 11.5 Å². The van der Waals surface area contributed by atoms with Crippen molar-refractivity contribution in [3.63, 3.8) is 0 Å². The zero-order chi connectivity index (χ0) is 27.2. The molecule has 12 heteroatoms. The molecule has 0 aliphatic carbocycles. The van der Waals surface area contributed by atoms with E-state index < -0.39 is 21.7 Å². The molecule has 0 radical (unpaired) electrons. The Morgan fingerprint density at radius 3 is 2.53 bits per heavy atom. The fourth-order valence-electron chi connectivity index (χ4n) is 3.86. The van der Waals surface area contributed by atoms with Gasteiger partial charge >= 0.3 is 0 Å². The fourth-order valence-corrected chi connectivity index (χ4v) is 5.62. The lowest BCUT2D eigenvalue weighted by Gasteiger charge is -2.16. The first-order chi connectivity index (χ1) is 18.0. The maximum absolute atomic E-state index is 14.5. The Morgan fingerprint density at radius 1 is 1.08 bits per heavy atom. The number of ether oxygens (including phenoxy) is 1. The second kappa shape index (κ2) is 9.69. The Kier molecular flexibility index (Phi) is 6.53. The molecule has 0 saturated carbocycles. The third kappa shape index (κ3) is 4.92. The lowest BCUT2D eigenvalue weighted by Crippen LogP contribution is -2.16. The number of nitrogens with one attached hydrogen (secondary N) is 1. The fraction of sp³-hybridized carbons (Fsp3) is 0.154. The van der Waals surface area contributed by atoms with Gasteiger partial charge in [-0.1, -0.05) is 5.16 Å². The number of benzene rings is 2. The van der Waals surface area contributed by atoms with E-state index in [1.54, 1.807) is 38.4 Å². The van der Waals surface area contributed by atoms with Crippen LogP contribution >= 0.6 is 11.3 Å². The molecule has 2 aromatic carbocycles. The summed E-state index contributed by atoms with van der Waals surface area (Å²) in [5.41, 5.74) is 1.59. The summed E-state index contributed by atoms with van der Waals surface area (Å²) in [6.45, 7) is 3.29. The molecule has 196 valence electrons. The Labute approximate surface area is 220 Å². The van der Waals surface area contributed by atoms with Crippen LogP contribution in [0, 0.1) is 18.6 Å². The molecule has 0 aliphatic rings. The van der Waals surface area contributed by atoms with Crippen LogP contribution in [0.1, 0.15) is 12.6 Å². The Balaban J connectivity index is 1.74. The van der Waals surface area contributed by atoms with Crippen LogP contribution in [-0.2, 0) is 17.1 Å². The van der Waals surface area contributed by atoms with Crippen LogP contribution in [0.2, 0.25) is 0 Å². The second-order valence-electron chi connectivity index (χ2n) is 8.54. The third-order valence-corrected chi connectivity index (χ3v) is 8.25. The van der Waals surface area contributed by atoms with Crippen LogP contribution in [0.4, 0.5) is 14.5 Å². The smallest absolute Gasteiger partial charge is 0.259 e. The second-order valence-corrected chi connectivity index (χ2v) is 11.6. The maximum Gasteiger partial charge on any atom is 0.259 e. The van der Waals surface area contributed by atoms with E-state index in [4.69, 9.17) is 9.26 Å². The molecule has 0 unspecified atom stereocenters. The monoisotopic (exact) mass is 557 g/mol. The number of halogens is 2. The maximum atomic E-state index is 14.5. The van der Waals surface area contributed by atoms with Crippen molar-refractivity contribution in [2.75, 3.05) is 10.5 Å². The van der Waals surface area contributed by atoms with E-state index in [1.807, 2.05) is 0 Å². The first-order valence-corrected chi connectivity index (χ1v) is 13.9. The zero-order valence-corrected chi connectivity index (χ0v) is 22.0. The van der Waals surface area contributed by atoms with Gasteiger partial charge in [0.2, 0.25) is 10.0 Å². The number of sulfonamides is 1. The number of fused-ring (bicyclic) bond motifs is 1. The number of aromatic nitrogens is 2. The van der Waals surface area contributed by atoms with Crippen molar-refractivity contribution in [1.82, 2.24) is 9.72 Å². The van der Waals surface area contributed by atoms with E-state index in [9.17, 15) is 22.0 Å². The molecule has 3 aromatic heterocycles. The molecular formula is C26H21F2N3O5S2. The summed E-state index contributed by atoms with van der Waals surface area (Å²) in [4.78, 5) is 13.7. The predicted octanol–water partition coefficient (Wildman–Crippen LogP) is 6.06. The molecule has 5 rings (SSSR count). The van der Waals surface area contributed by atoms with Crippen molar-refractivity contribution in [3.8, 4) is 33.3 Å². The van der Waals surface area contributed by atoms with Gasteiger partial charge in [0, 0.05) is 42.2 Å². The van der Waals surface area contributed by atoms with Crippen LogP contribution < -0.4 is 15.0 Å². The number of thiophene rings is 1. The first-order valence-electron chi connectivity index (χ1n) is 11.4. The summed E-state index contributed by atoms with van der Waals surface area (Å²) < 4.78 is 68.2. The largest absolute Gasteiger partial charge is 0.454 e. The highest BCUT2D eigenvalue weighted by Crippen LogP contribution is 2.43. The molecular weight excluding hydrogens is 536 g/mol. The van der Waals surface area contributed by atoms with E-state index in [1.165, 1.54) is 35.0 Å². The van der Waals surface area contributed by atoms with Gasteiger partial charge in [0.25, 0.3) is 5.56 Å². The van der Waals surface area contributed by atoms with E-state index in [0.717, 1.165) is 12.1 Å². The molecule has 0 bridgehead atoms. The molecule has 8 nitrogen and oxygen atoms in total. The minimum atomic E-state index is -3.61. The van der Waals surface area contributed by atoms with Gasteiger partial charge in [-0.05, 0) is 50.2 Å². The minimum Gasteiger partial charge on any atom is -0.454 e. The van der Waals surface area contributed by atoms with Gasteiger partial charge in [-0.2, -0.15) is 0 Å². The van der Waals surface area contributed by atoms with Gasteiger partial charge in [-0.25, -0.2) is 17.2 Å². The highest BCUT2D eigenvalue weighted by molar-refractivity contribution is 7.92. The van der Waals surface area contributed by atoms with Crippen molar-refractivity contribution < 1.29 is 26.5 Å². The average molecular weight is 558 g/mol. The highest BCUT2D eigenvalue weighted by atomic mass is 32.2. The highest BCUT2D eigenvalue weighted by Gasteiger charge is 2.21. The molecule has 0 atom stereocenters. The van der Waals surface area contributed by atoms with E-state index in [0.29, 0.717) is 43.6 Å². The van der Waals surface area contributed by atoms with Crippen molar-refractivity contribution in [3.05, 3.63) is 82.4 Å². The Hall–Kier alpha value is -4.03. The summed E-state index contributed by atoms with van der Waals surface area (Å²) in [5.74, 6) is -1.37. The van der Waals surface area contributed by atoms with Crippen molar-refractivity contribution in [2.24, 2.45) is 7.05 Å². The summed E-state index contributed by atoms with van der Waals surface area (Å²) in [5, 5.41) is 4.31. The lowest BCUT2D eigenvalue weighted by molar-refractivity contribution is 0.428. The molecule has 0 amide bonds. The number of rotatable bonds is 7. The summed E-state index contributed by atoms with van der Waals surface area (Å²) in [6, 6.07) is 10.9. The SMILES string of the molecule is CCS(=O)(=O)Nc1ccc(Oc2ccc(F)cc2F)c(-c2cn(C)c(=O)c3cc(-c4cc(C)no4)sc23)c1. The van der Waals surface area contributed by atoms with Gasteiger partial charge in [-0.3, -0.25) is 9.52 Å². The van der Waals surface area contributed by atoms with Crippen molar-refractivity contribution in [2.45, 2.75) is 13.8 Å². The molecule has 38 heavy (non-hydrogen) atoms. The summed E-state index contributed by atoms with van der Waals surface area (Å²) in [6.07, 6.45) is 1.60. The molecule has 3 heterocycles. The zero-order valence-electron chi connectivity index (χ0n) is 20.4. The van der Waals surface area contributed by atoms with Crippen molar-refractivity contribution >= 4 is 37.1 Å². The minimum absolute atomic E-state index is 0.143. The van der Waals surface area contributed by atoms with Crippen LogP contribution in [-0.4, -0.2) is 23.9 Å². The number of anilines is 1. The molecule has 0 aliphatic heterocycles. The van der Waals surface area contributed by atoms with E-state index >= 15 is 0 Å². The van der Waals surface area contributed by atoms with Gasteiger partial charge in [0.05, 0.1) is 26.4 Å². The molecule has 0 saturated heterocycles. The summed E-state index contributed by atoms with van der Waals surface area (Å²) in [7, 11) is -2.02. The molecule has 1 N–H and O–H groups in total. The van der Waals surface area contributed by atoms with Gasteiger partial charge in [-0.15, -0.1) is 11.3 Å². The quantitative estimate of drug-likeness (QED) is 0.261. The van der Waals surface area contributed by atoms with E-state index in [2.05, 4.69) is 9.88 Å². The topological polar surface area (TPSA) is 103 Å². The normalized spacial score (nSPS) is 11.7. The van der Waals surface area contributed by atoms with Crippen LogP contribution in [0.25, 0.3) is 31.9 Å². The third-order valence-electron chi connectivity index (χ3n) is 5.76. The van der Waals surface area contributed by atoms with Crippen LogP contribution in [0.3, 0.4) is 0 Å². The molecule has 5 aromatic rings. The van der Waals surface area contributed by atoms with Gasteiger partial charge in [0.1, 0.15) is 11.6 Å². The number of nitrogens with zero attached hydrogens (tertiary/aromatic N) is 2. The van der Waals surface area contributed by atoms with E-state index in [-0.39, 0.29) is 28.5 Å². The van der Waals surface area contributed by atoms with Gasteiger partial charge in [0.15, 0.2) is 17.3 Å². The predicted molar refractivity (Wildman–Crippen MR) is 142 cm³/mol. The lowest BCUT2D eigenvalue weighted by atomic mass is 10.0. The van der Waals surface area contributed by atoms with Gasteiger partial charge < -0.3 is 13.8 Å². The summed E-state index contributed by atoms with van der Waals surface area (Å²) >= 11 is 1.29. The molecule has 0 fully saturated rings. The van der Waals surface area contributed by atoms with Crippen LogP contribution in [0.15, 0.2) is 64.0 Å². The van der Waals surface area contributed by atoms with Crippen molar-refractivity contribution in [1.29, 1.82) is 0 Å². The average Bonchev–Trinajstić information content (AvgIpc) is 3.51. The number of hydrogen-bond donors (Lipinski definition) is 1. The first kappa shape index (κ1) is 25.6. The number of hydrogen-bond acceptors (Lipinski definition) is 7. The number of pyridine rings is 1. The standard InChI is InChI=1S/C26H21F2N3O5S2/c1-4-38(33,34)30-16-6-8-21(35-22-7-5-15(27)10-20(22)28)17(11-16)19-13-31(3)26(32)18-12-24(37-25(18)19)23-9-14(2)29-36-23/h5-13,30H,4H2,1-3H3. The molecule has 0 spiro atoms. The Bertz CT molecular complexity index is 1860.